The molecule has 1 aromatic rings. The molecule has 0 unspecified atom stereocenters. The number of hydrogen-bond acceptors (Lipinski definition) is 2. The van der Waals surface area contributed by atoms with Crippen LogP contribution in [0, 0.1) is 5.92 Å². The molecule has 0 aliphatic carbocycles. The van der Waals surface area contributed by atoms with E-state index in [0.717, 1.165) is 6.07 Å². The van der Waals surface area contributed by atoms with Gasteiger partial charge >= 0.3 is 6.36 Å². The topological polar surface area (TPSA) is 38.3 Å². The van der Waals surface area contributed by atoms with Gasteiger partial charge in [0, 0.05) is 6.42 Å². The lowest BCUT2D eigenvalue weighted by Gasteiger charge is -2.14. The third-order valence-electron chi connectivity index (χ3n) is 2.34. The van der Waals surface area contributed by atoms with Gasteiger partial charge in [-0.1, -0.05) is 26.0 Å². The minimum absolute atomic E-state index is 0.0218. The fourth-order valence-corrected chi connectivity index (χ4v) is 1.42. The summed E-state index contributed by atoms with van der Waals surface area (Å²) >= 11 is 0. The molecule has 0 saturated heterocycles. The van der Waals surface area contributed by atoms with E-state index in [2.05, 4.69) is 10.1 Å². The van der Waals surface area contributed by atoms with E-state index in [4.69, 9.17) is 0 Å². The number of alkyl halides is 3. The number of carbonyl (C=O) groups excluding carboxylic acids is 1. The van der Waals surface area contributed by atoms with Gasteiger partial charge in [0.05, 0.1) is 5.69 Å². The van der Waals surface area contributed by atoms with E-state index in [1.54, 1.807) is 0 Å². The van der Waals surface area contributed by atoms with E-state index in [9.17, 15) is 18.0 Å². The summed E-state index contributed by atoms with van der Waals surface area (Å²) in [7, 11) is 0. The number of nitrogens with one attached hydrogen (secondary N) is 1. The van der Waals surface area contributed by atoms with E-state index in [1.165, 1.54) is 18.2 Å². The number of ether oxygens (including phenoxy) is 1. The first-order chi connectivity index (χ1) is 8.78. The van der Waals surface area contributed by atoms with E-state index in [1.807, 2.05) is 13.8 Å². The Morgan fingerprint density at radius 2 is 1.95 bits per heavy atom. The maximum atomic E-state index is 12.2. The van der Waals surface area contributed by atoms with Gasteiger partial charge in [-0.15, -0.1) is 13.2 Å². The molecule has 6 heteroatoms. The molecule has 0 saturated carbocycles. The lowest BCUT2D eigenvalue weighted by molar-refractivity contribution is -0.274. The predicted molar refractivity (Wildman–Crippen MR) is 65.8 cm³/mol. The average molecular weight is 275 g/mol. The van der Waals surface area contributed by atoms with Crippen LogP contribution in [0.25, 0.3) is 0 Å². The van der Waals surface area contributed by atoms with E-state index in [0.29, 0.717) is 12.3 Å². The van der Waals surface area contributed by atoms with Crippen molar-refractivity contribution >= 4 is 11.6 Å². The number of anilines is 1. The predicted octanol–water partition coefficient (Wildman–Crippen LogP) is 3.96. The van der Waals surface area contributed by atoms with Gasteiger partial charge in [-0.3, -0.25) is 4.79 Å². The van der Waals surface area contributed by atoms with E-state index >= 15 is 0 Å². The van der Waals surface area contributed by atoms with Gasteiger partial charge in [0.15, 0.2) is 5.75 Å². The summed E-state index contributed by atoms with van der Waals surface area (Å²) < 4.78 is 40.4. The van der Waals surface area contributed by atoms with Crippen LogP contribution in [0.5, 0.6) is 5.75 Å². The summed E-state index contributed by atoms with van der Waals surface area (Å²) in [5.41, 5.74) is 0.0218. The fourth-order valence-electron chi connectivity index (χ4n) is 1.42. The van der Waals surface area contributed by atoms with Gasteiger partial charge < -0.3 is 10.1 Å². The molecule has 0 bridgehead atoms. The van der Waals surface area contributed by atoms with Crippen LogP contribution >= 0.6 is 0 Å². The number of hydrogen-bond donors (Lipinski definition) is 1. The Labute approximate surface area is 109 Å². The standard InChI is InChI=1S/C13H16F3NO2/c1-9(2)7-8-12(18)17-10-5-3-4-6-11(10)19-13(14,15)16/h3-6,9H,7-8H2,1-2H3,(H,17,18). The normalized spacial score (nSPS) is 11.5. The van der Waals surface area contributed by atoms with Crippen molar-refractivity contribution in [3.05, 3.63) is 24.3 Å². The molecule has 1 N–H and O–H groups in total. The zero-order chi connectivity index (χ0) is 14.5. The van der Waals surface area contributed by atoms with Crippen molar-refractivity contribution in [2.45, 2.75) is 33.1 Å². The van der Waals surface area contributed by atoms with Crippen molar-refractivity contribution in [3.63, 3.8) is 0 Å². The van der Waals surface area contributed by atoms with Crippen molar-refractivity contribution in [2.24, 2.45) is 5.92 Å². The summed E-state index contributed by atoms with van der Waals surface area (Å²) in [6.45, 7) is 3.93. The molecule has 0 radical (unpaired) electrons. The highest BCUT2D eigenvalue weighted by molar-refractivity contribution is 5.92. The smallest absolute Gasteiger partial charge is 0.404 e. The van der Waals surface area contributed by atoms with Crippen LogP contribution in [0.1, 0.15) is 26.7 Å². The maximum Gasteiger partial charge on any atom is 0.573 e. The highest BCUT2D eigenvalue weighted by atomic mass is 19.4. The highest BCUT2D eigenvalue weighted by Gasteiger charge is 2.32. The minimum Gasteiger partial charge on any atom is -0.404 e. The van der Waals surface area contributed by atoms with Gasteiger partial charge in [-0.25, -0.2) is 0 Å². The number of carbonyl (C=O) groups is 1. The molecule has 1 amide bonds. The largest absolute Gasteiger partial charge is 0.573 e. The second kappa shape index (κ2) is 6.45. The number of rotatable bonds is 5. The fraction of sp³-hybridized carbons (Fsp3) is 0.462. The molecule has 0 fully saturated rings. The SMILES string of the molecule is CC(C)CCC(=O)Nc1ccccc1OC(F)(F)F. The summed E-state index contributed by atoms with van der Waals surface area (Å²) in [6.07, 6.45) is -3.84. The Hall–Kier alpha value is -1.72. The van der Waals surface area contributed by atoms with Gasteiger partial charge in [-0.05, 0) is 24.5 Å². The Bertz CT molecular complexity index is 430. The quantitative estimate of drug-likeness (QED) is 0.883. The highest BCUT2D eigenvalue weighted by Crippen LogP contribution is 2.30. The van der Waals surface area contributed by atoms with Gasteiger partial charge in [0.1, 0.15) is 0 Å². The van der Waals surface area contributed by atoms with Crippen LogP contribution in [0.3, 0.4) is 0 Å². The maximum absolute atomic E-state index is 12.2. The third-order valence-corrected chi connectivity index (χ3v) is 2.34. The third kappa shape index (κ3) is 6.13. The molecule has 0 spiro atoms. The second-order valence-electron chi connectivity index (χ2n) is 4.52. The molecule has 0 atom stereocenters. The molecule has 0 aliphatic rings. The van der Waals surface area contributed by atoms with Crippen molar-refractivity contribution in [2.75, 3.05) is 5.32 Å². The van der Waals surface area contributed by atoms with Gasteiger partial charge in [0.2, 0.25) is 5.91 Å². The van der Waals surface area contributed by atoms with E-state index < -0.39 is 12.1 Å². The molecular formula is C13H16F3NO2. The van der Waals surface area contributed by atoms with E-state index in [-0.39, 0.29) is 18.0 Å². The molecular weight excluding hydrogens is 259 g/mol. The van der Waals surface area contributed by atoms with Crippen LogP contribution in [-0.2, 0) is 4.79 Å². The molecule has 0 aromatic heterocycles. The van der Waals surface area contributed by atoms with Crippen LogP contribution in [0.4, 0.5) is 18.9 Å². The van der Waals surface area contributed by atoms with Crippen molar-refractivity contribution < 1.29 is 22.7 Å². The van der Waals surface area contributed by atoms with Crippen molar-refractivity contribution in [3.8, 4) is 5.75 Å². The molecule has 3 nitrogen and oxygen atoms in total. The average Bonchev–Trinajstić information content (AvgIpc) is 2.27. The first-order valence-electron chi connectivity index (χ1n) is 5.92. The van der Waals surface area contributed by atoms with Gasteiger partial charge in [-0.2, -0.15) is 0 Å². The number of amides is 1. The Morgan fingerprint density at radius 3 is 2.53 bits per heavy atom. The molecule has 106 valence electrons. The molecule has 1 rings (SSSR count). The summed E-state index contributed by atoms with van der Waals surface area (Å²) in [4.78, 5) is 11.6. The second-order valence-corrected chi connectivity index (χ2v) is 4.52. The van der Waals surface area contributed by atoms with Crippen LogP contribution in [0.2, 0.25) is 0 Å². The Kier molecular flexibility index (Phi) is 5.20. The first-order valence-corrected chi connectivity index (χ1v) is 5.92. The first kappa shape index (κ1) is 15.3. The lowest BCUT2D eigenvalue weighted by atomic mass is 10.1. The van der Waals surface area contributed by atoms with Crippen molar-refractivity contribution in [1.29, 1.82) is 0 Å². The monoisotopic (exact) mass is 275 g/mol. The lowest BCUT2D eigenvalue weighted by Crippen LogP contribution is -2.19. The Balaban J connectivity index is 2.70. The van der Waals surface area contributed by atoms with Crippen LogP contribution in [-0.4, -0.2) is 12.3 Å². The molecule has 19 heavy (non-hydrogen) atoms. The van der Waals surface area contributed by atoms with Crippen LogP contribution in [0.15, 0.2) is 24.3 Å². The van der Waals surface area contributed by atoms with Crippen molar-refractivity contribution in [1.82, 2.24) is 0 Å². The summed E-state index contributed by atoms with van der Waals surface area (Å²) in [6, 6.07) is 5.46. The Morgan fingerprint density at radius 1 is 1.32 bits per heavy atom. The molecule has 1 aromatic carbocycles. The summed E-state index contributed by atoms with van der Waals surface area (Å²) in [5, 5.41) is 2.42. The molecule has 0 heterocycles. The number of para-hydroxylation sites is 2. The van der Waals surface area contributed by atoms with Crippen LogP contribution < -0.4 is 10.1 Å². The number of halogens is 3. The zero-order valence-corrected chi connectivity index (χ0v) is 10.8. The number of benzene rings is 1. The molecule has 0 aliphatic heterocycles. The van der Waals surface area contributed by atoms with Gasteiger partial charge in [0.25, 0.3) is 0 Å². The zero-order valence-electron chi connectivity index (χ0n) is 10.8. The minimum atomic E-state index is -4.78. The summed E-state index contributed by atoms with van der Waals surface area (Å²) in [5.74, 6) is -0.382.